The maximum absolute atomic E-state index is 13.1. The average molecular weight is 1470 g/mol. The minimum atomic E-state index is -5.00. The van der Waals surface area contributed by atoms with Gasteiger partial charge in [-0.2, -0.15) is 0 Å². The van der Waals surface area contributed by atoms with Gasteiger partial charge in [-0.05, 0) is 154 Å². The first-order valence-electron chi connectivity index (χ1n) is 38.7. The van der Waals surface area contributed by atoms with Crippen LogP contribution in [0.25, 0.3) is 0 Å². The number of phosphoric acid groups is 2. The number of unbranched alkanes of at least 4 members (excludes halogenated alkanes) is 19. The fourth-order valence-electron chi connectivity index (χ4n) is 9.62. The van der Waals surface area contributed by atoms with Crippen LogP contribution in [0.2, 0.25) is 0 Å². The predicted octanol–water partition coefficient (Wildman–Crippen LogP) is 22.4. The molecule has 0 spiro atoms. The molecule has 17 nitrogen and oxygen atoms in total. The molecule has 0 saturated carbocycles. The number of aliphatic hydroxyl groups is 1. The zero-order valence-electron chi connectivity index (χ0n) is 63.2. The van der Waals surface area contributed by atoms with Gasteiger partial charge < -0.3 is 33.8 Å². The van der Waals surface area contributed by atoms with Crippen LogP contribution in [0.3, 0.4) is 0 Å². The van der Waals surface area contributed by atoms with Gasteiger partial charge in [0.1, 0.15) is 19.3 Å². The monoisotopic (exact) mass is 1470 g/mol. The lowest BCUT2D eigenvalue weighted by molar-refractivity contribution is -0.161. The third kappa shape index (κ3) is 73.0. The Morgan fingerprint density at radius 3 is 0.824 bits per heavy atom. The van der Waals surface area contributed by atoms with Crippen molar-refractivity contribution in [1.29, 1.82) is 0 Å². The Kier molecular flexibility index (Phi) is 70.1. The number of esters is 4. The second-order valence-corrected chi connectivity index (χ2v) is 28.1. The van der Waals surface area contributed by atoms with E-state index in [9.17, 15) is 43.2 Å². The van der Waals surface area contributed by atoms with Gasteiger partial charge in [-0.15, -0.1) is 0 Å². The van der Waals surface area contributed by atoms with E-state index in [0.29, 0.717) is 32.1 Å². The van der Waals surface area contributed by atoms with E-state index in [-0.39, 0.29) is 25.7 Å². The van der Waals surface area contributed by atoms with Crippen molar-refractivity contribution in [2.75, 3.05) is 39.6 Å². The lowest BCUT2D eigenvalue weighted by Crippen LogP contribution is -2.30. The van der Waals surface area contributed by atoms with E-state index in [2.05, 4.69) is 174 Å². The van der Waals surface area contributed by atoms with Gasteiger partial charge >= 0.3 is 39.5 Å². The molecule has 5 atom stereocenters. The van der Waals surface area contributed by atoms with Gasteiger partial charge in [-0.25, -0.2) is 9.13 Å². The molecular weight excluding hydrogens is 1330 g/mol. The largest absolute Gasteiger partial charge is 0.472 e. The SMILES string of the molecule is CC/C=C\C/C=C\C/C=C\C/C=C\C/C=C\CCCC(=O)OC(COC(=O)CCCCCCCC/C=C\C/C=C\C/C=C\C/C=C\CC)COP(=O)(O)OCC(O)COP(=O)(O)OCC(COC(=O)CCCCCCC/C=C\C/C=C\CCC)OC(=O)CCCCCCC/C=C\C/C=C\CCC. The lowest BCUT2D eigenvalue weighted by atomic mass is 10.1. The molecule has 0 aliphatic rings. The molecule has 580 valence electrons. The van der Waals surface area contributed by atoms with Crippen molar-refractivity contribution < 1.29 is 80.2 Å². The molecular formula is C83H136O17P2. The number of carbonyl (C=O) groups excluding carboxylic acids is 4. The van der Waals surface area contributed by atoms with Gasteiger partial charge in [0.05, 0.1) is 26.4 Å². The number of hydrogen-bond donors (Lipinski definition) is 3. The number of phosphoric ester groups is 2. The van der Waals surface area contributed by atoms with Gasteiger partial charge in [0.2, 0.25) is 0 Å². The van der Waals surface area contributed by atoms with Gasteiger partial charge in [-0.1, -0.05) is 263 Å². The quantitative estimate of drug-likeness (QED) is 0.0169. The molecule has 19 heteroatoms. The van der Waals surface area contributed by atoms with E-state index in [1.807, 2.05) is 12.2 Å². The summed E-state index contributed by atoms with van der Waals surface area (Å²) in [6.07, 6.45) is 85.2. The fraction of sp³-hybridized carbons (Fsp3) is 0.639. The highest BCUT2D eigenvalue weighted by Crippen LogP contribution is 2.45. The summed E-state index contributed by atoms with van der Waals surface area (Å²) in [6, 6.07) is 0. The topological polar surface area (TPSA) is 237 Å². The summed E-state index contributed by atoms with van der Waals surface area (Å²) in [6.45, 7) is 4.38. The van der Waals surface area contributed by atoms with Crippen LogP contribution in [0.15, 0.2) is 158 Å². The zero-order valence-corrected chi connectivity index (χ0v) is 65.0. The summed E-state index contributed by atoms with van der Waals surface area (Å²) in [5.41, 5.74) is 0. The number of carbonyl (C=O) groups is 4. The number of allylic oxidation sites excluding steroid dienone is 26. The minimum Gasteiger partial charge on any atom is -0.462 e. The number of rotatable bonds is 71. The molecule has 0 radical (unpaired) electrons. The highest BCUT2D eigenvalue weighted by Gasteiger charge is 2.30. The standard InChI is InChI=1S/C83H136O17P2/c1-5-9-13-17-21-25-29-33-35-37-38-40-41-45-48-52-56-60-64-68-81(86)94-74-79(100-83(88)70-66-62-58-54-50-46-42-39-36-34-30-26-22-18-14-10-6-2)76-98-102(91,92)96-72-77(84)71-95-101(89,90)97-75-78(99-82(87)69-65-61-57-53-49-44-32-28-24-20-16-12-8-4)73-93-80(85)67-63-59-55-51-47-43-31-27-23-19-15-11-7-3/h9-10,13-16,19-22,25-28,31-36,38,40,42,46,54,58,77-79,84H,5-8,11-12,17-18,23-24,29-30,37,39,41,43-45,47-53,55-57,59-76H2,1-4H3,(H,89,90)(H,91,92)/b13-9-,14-10-,19-15-,20-16-,25-21-,26-22-,31-27-,32-28-,35-33-,36-34-,40-38-,46-42-,58-54-. The first-order valence-corrected chi connectivity index (χ1v) is 41.7. The van der Waals surface area contributed by atoms with E-state index in [4.69, 9.17) is 37.0 Å². The Hall–Kier alpha value is -5.32. The van der Waals surface area contributed by atoms with Crippen LogP contribution in [0.1, 0.15) is 285 Å². The van der Waals surface area contributed by atoms with Crippen molar-refractivity contribution in [1.82, 2.24) is 0 Å². The van der Waals surface area contributed by atoms with Crippen LogP contribution >= 0.6 is 15.6 Å². The van der Waals surface area contributed by atoms with E-state index in [1.54, 1.807) is 0 Å². The number of hydrogen-bond acceptors (Lipinski definition) is 15. The highest BCUT2D eigenvalue weighted by atomic mass is 31.2. The lowest BCUT2D eigenvalue weighted by Gasteiger charge is -2.21. The maximum Gasteiger partial charge on any atom is 0.472 e. The number of ether oxygens (including phenoxy) is 4. The molecule has 0 bridgehead atoms. The van der Waals surface area contributed by atoms with Crippen LogP contribution in [-0.4, -0.2) is 96.7 Å². The summed E-state index contributed by atoms with van der Waals surface area (Å²) in [5.74, 6) is -2.30. The smallest absolute Gasteiger partial charge is 0.462 e. The third-order valence-electron chi connectivity index (χ3n) is 15.4. The normalized spacial score (nSPS) is 14.8. The van der Waals surface area contributed by atoms with Crippen LogP contribution in [0.4, 0.5) is 0 Å². The van der Waals surface area contributed by atoms with Gasteiger partial charge in [0, 0.05) is 25.7 Å². The van der Waals surface area contributed by atoms with Crippen LogP contribution < -0.4 is 0 Å². The molecule has 0 aromatic rings. The molecule has 3 N–H and O–H groups in total. The first kappa shape index (κ1) is 96.7. The summed E-state index contributed by atoms with van der Waals surface area (Å²) >= 11 is 0. The van der Waals surface area contributed by atoms with Crippen molar-refractivity contribution in [2.45, 2.75) is 303 Å². The fourth-order valence-corrected chi connectivity index (χ4v) is 11.2. The summed E-state index contributed by atoms with van der Waals surface area (Å²) in [5, 5.41) is 10.6. The van der Waals surface area contributed by atoms with E-state index in [0.717, 1.165) is 199 Å². The van der Waals surface area contributed by atoms with Crippen molar-refractivity contribution >= 4 is 39.5 Å². The molecule has 0 amide bonds. The molecule has 0 aliphatic heterocycles. The van der Waals surface area contributed by atoms with Gasteiger partial charge in [-0.3, -0.25) is 37.3 Å². The van der Waals surface area contributed by atoms with Crippen molar-refractivity contribution in [2.24, 2.45) is 0 Å². The molecule has 102 heavy (non-hydrogen) atoms. The summed E-state index contributed by atoms with van der Waals surface area (Å²) in [7, 11) is -9.99. The Bertz CT molecular complexity index is 2550. The third-order valence-corrected chi connectivity index (χ3v) is 17.3. The number of aliphatic hydroxyl groups excluding tert-OH is 1. The Labute approximate surface area is 617 Å². The molecule has 0 rings (SSSR count). The average Bonchev–Trinajstić information content (AvgIpc) is 0.908. The van der Waals surface area contributed by atoms with Crippen molar-refractivity contribution in [3.05, 3.63) is 158 Å². The minimum absolute atomic E-state index is 0.00739. The molecule has 0 fully saturated rings. The Morgan fingerprint density at radius 1 is 0.284 bits per heavy atom. The zero-order chi connectivity index (χ0) is 74.6. The van der Waals surface area contributed by atoms with Crippen molar-refractivity contribution in [3.63, 3.8) is 0 Å². The highest BCUT2D eigenvalue weighted by molar-refractivity contribution is 7.47. The summed E-state index contributed by atoms with van der Waals surface area (Å²) < 4.78 is 68.4. The summed E-state index contributed by atoms with van der Waals surface area (Å²) in [4.78, 5) is 72.9. The van der Waals surface area contributed by atoms with Crippen LogP contribution in [0, 0.1) is 0 Å². The second kappa shape index (κ2) is 74.0. The second-order valence-electron chi connectivity index (χ2n) is 25.2. The van der Waals surface area contributed by atoms with Crippen LogP contribution in [-0.2, 0) is 65.4 Å². The molecule has 0 aromatic heterocycles. The Morgan fingerprint density at radius 2 is 0.520 bits per heavy atom. The first-order chi connectivity index (χ1) is 49.7. The molecule has 0 heterocycles. The van der Waals surface area contributed by atoms with E-state index < -0.39 is 97.5 Å². The van der Waals surface area contributed by atoms with E-state index in [1.165, 1.54) is 0 Å². The van der Waals surface area contributed by atoms with Gasteiger partial charge in [0.25, 0.3) is 0 Å². The van der Waals surface area contributed by atoms with Crippen LogP contribution in [0.5, 0.6) is 0 Å². The molecule has 0 saturated heterocycles. The van der Waals surface area contributed by atoms with Gasteiger partial charge in [0.15, 0.2) is 12.2 Å². The molecule has 5 unspecified atom stereocenters. The van der Waals surface area contributed by atoms with E-state index >= 15 is 0 Å². The predicted molar refractivity (Wildman–Crippen MR) is 417 cm³/mol. The Balaban J connectivity index is 5.44. The van der Waals surface area contributed by atoms with Crippen molar-refractivity contribution in [3.8, 4) is 0 Å². The molecule has 0 aliphatic carbocycles. The maximum atomic E-state index is 13.1. The molecule has 0 aromatic carbocycles.